The molecule has 0 aliphatic rings. The second-order valence-electron chi connectivity index (χ2n) is 8.45. The summed E-state index contributed by atoms with van der Waals surface area (Å²) in [7, 11) is 4.93. The summed E-state index contributed by atoms with van der Waals surface area (Å²) in [5.41, 5.74) is 0. The summed E-state index contributed by atoms with van der Waals surface area (Å²) in [5.74, 6) is 0. The molecule has 0 N–H and O–H groups in total. The molecule has 0 saturated carbocycles. The van der Waals surface area contributed by atoms with Crippen LogP contribution >= 0.6 is 0 Å². The van der Waals surface area contributed by atoms with Gasteiger partial charge in [0.05, 0.1) is 39.7 Å². The third-order valence-corrected chi connectivity index (χ3v) is 5.09. The van der Waals surface area contributed by atoms with Crippen LogP contribution in [0.15, 0.2) is 35.2 Å². The molecule has 0 spiro atoms. The van der Waals surface area contributed by atoms with Gasteiger partial charge in [0, 0.05) is 0 Å². The summed E-state index contributed by atoms with van der Waals surface area (Å²) in [5, 5.41) is 0. The van der Waals surface area contributed by atoms with Crippen LogP contribution in [0.1, 0.15) is 71.1 Å². The Bertz CT molecular complexity index is 545. The van der Waals surface area contributed by atoms with Gasteiger partial charge in [-0.3, -0.25) is 4.18 Å². The van der Waals surface area contributed by atoms with Gasteiger partial charge in [0.1, 0.15) is 0 Å². The summed E-state index contributed by atoms with van der Waals surface area (Å²) < 4.78 is 29.8. The lowest BCUT2D eigenvalue weighted by atomic mass is 10.1. The Morgan fingerprint density at radius 2 is 1.15 bits per heavy atom. The van der Waals surface area contributed by atoms with Crippen LogP contribution in [0.2, 0.25) is 0 Å². The van der Waals surface area contributed by atoms with E-state index < -0.39 is 10.1 Å². The fourth-order valence-corrected chi connectivity index (χ4v) is 3.38. The third-order valence-electron chi connectivity index (χ3n) is 3.77. The first kappa shape index (κ1) is 26.1. The summed E-state index contributed by atoms with van der Waals surface area (Å²) in [6.07, 6.45) is 12.3. The lowest BCUT2D eigenvalue weighted by Crippen LogP contribution is -2.27. The molecule has 0 aliphatic heterocycles. The van der Waals surface area contributed by atoms with Crippen LogP contribution in [0.3, 0.4) is 0 Å². The maximum atomic E-state index is 11.9. The van der Waals surface area contributed by atoms with Crippen molar-refractivity contribution in [3.05, 3.63) is 30.3 Å². The zero-order valence-electron chi connectivity index (χ0n) is 18.2. The molecule has 0 bridgehead atoms. The number of rotatable bonds is 13. The molecule has 0 aliphatic carbocycles. The number of hydrogen-bond donors (Lipinski definition) is 0. The van der Waals surface area contributed by atoms with E-state index in [4.69, 9.17) is 4.18 Å². The van der Waals surface area contributed by atoms with Gasteiger partial charge in [0.2, 0.25) is 0 Å². The van der Waals surface area contributed by atoms with Crippen LogP contribution < -0.4 is 0 Å². The number of unbranched alkanes of at least 4 members (excludes halogenated alkanes) is 9. The predicted molar refractivity (Wildman–Crippen MR) is 115 cm³/mol. The molecule has 0 heterocycles. The van der Waals surface area contributed by atoms with Gasteiger partial charge in [-0.25, -0.2) is 0 Å². The van der Waals surface area contributed by atoms with Crippen molar-refractivity contribution in [2.24, 2.45) is 0 Å². The molecule has 0 atom stereocenters. The van der Waals surface area contributed by atoms with Crippen LogP contribution in [0.25, 0.3) is 0 Å². The van der Waals surface area contributed by atoms with E-state index >= 15 is 0 Å². The second kappa shape index (κ2) is 15.1. The van der Waals surface area contributed by atoms with E-state index in [-0.39, 0.29) is 11.5 Å². The van der Waals surface area contributed by atoms with Crippen molar-refractivity contribution in [3.63, 3.8) is 0 Å². The minimum Gasteiger partial charge on any atom is -0.333 e. The van der Waals surface area contributed by atoms with Gasteiger partial charge in [0.25, 0.3) is 10.1 Å². The van der Waals surface area contributed by atoms with Crippen molar-refractivity contribution in [2.45, 2.75) is 76.0 Å². The molecule has 5 heteroatoms. The minimum atomic E-state index is -3.57. The summed E-state index contributed by atoms with van der Waals surface area (Å²) in [6, 6.07) is 8.33. The molecule has 0 radical (unpaired) electrons. The molecule has 27 heavy (non-hydrogen) atoms. The van der Waals surface area contributed by atoms with E-state index in [0.29, 0.717) is 0 Å². The molecule has 0 saturated heterocycles. The highest BCUT2D eigenvalue weighted by molar-refractivity contribution is 7.86. The molecule has 1 aromatic rings. The molecule has 1 rings (SSSR count). The van der Waals surface area contributed by atoms with Crippen LogP contribution in [-0.4, -0.2) is 47.7 Å². The quantitative estimate of drug-likeness (QED) is 0.245. The molecule has 0 fully saturated rings. The smallest absolute Gasteiger partial charge is 0.296 e. The Hall–Kier alpha value is -0.910. The fourth-order valence-electron chi connectivity index (χ4n) is 2.41. The Morgan fingerprint density at radius 1 is 0.741 bits per heavy atom. The van der Waals surface area contributed by atoms with Crippen molar-refractivity contribution < 1.29 is 17.1 Å². The summed E-state index contributed by atoms with van der Waals surface area (Å²) in [4.78, 5) is 0.238. The van der Waals surface area contributed by atoms with Gasteiger partial charge in [-0.2, -0.15) is 8.42 Å². The molecule has 158 valence electrons. The largest absolute Gasteiger partial charge is 0.333 e. The van der Waals surface area contributed by atoms with Gasteiger partial charge in [-0.05, 0) is 18.6 Å². The van der Waals surface area contributed by atoms with Crippen molar-refractivity contribution in [1.29, 1.82) is 0 Å². The molecule has 0 unspecified atom stereocenters. The van der Waals surface area contributed by atoms with Crippen molar-refractivity contribution in [2.75, 3.05) is 34.8 Å². The zero-order valence-corrected chi connectivity index (χ0v) is 19.1. The van der Waals surface area contributed by atoms with E-state index in [0.717, 1.165) is 17.3 Å². The normalized spacial score (nSPS) is 11.7. The first-order valence-corrected chi connectivity index (χ1v) is 11.8. The molecule has 0 aromatic heterocycles. The fraction of sp³-hybridized carbons (Fsp3) is 0.727. The third kappa shape index (κ3) is 18.2. The highest BCUT2D eigenvalue weighted by atomic mass is 32.2. The molecular weight excluding hydrogens is 358 g/mol. The number of nitrogens with zero attached hydrogens (tertiary/aromatic N) is 1. The Labute approximate surface area is 168 Å². The monoisotopic (exact) mass is 400 g/mol. The zero-order chi connectivity index (χ0) is 20.6. The predicted octanol–water partition coefficient (Wildman–Crippen LogP) is 5.64. The van der Waals surface area contributed by atoms with Crippen LogP contribution in [-0.2, 0) is 14.3 Å². The van der Waals surface area contributed by atoms with Crippen molar-refractivity contribution in [3.8, 4) is 0 Å². The maximum absolute atomic E-state index is 11.9. The molecule has 4 nitrogen and oxygen atoms in total. The molecule has 1 aromatic carbocycles. The van der Waals surface area contributed by atoms with Crippen molar-refractivity contribution in [1.82, 2.24) is 0 Å². The van der Waals surface area contributed by atoms with Crippen molar-refractivity contribution >= 4 is 10.1 Å². The van der Waals surface area contributed by atoms with E-state index in [2.05, 4.69) is 35.1 Å². The lowest BCUT2D eigenvalue weighted by Gasteiger charge is -2.14. The van der Waals surface area contributed by atoms with Crippen LogP contribution in [0.5, 0.6) is 0 Å². The highest BCUT2D eigenvalue weighted by Crippen LogP contribution is 2.13. The number of hydrogen-bond acceptors (Lipinski definition) is 3. The molecular formula is C22H42NO3S+. The average Bonchev–Trinajstić information content (AvgIpc) is 2.59. The van der Waals surface area contributed by atoms with E-state index in [9.17, 15) is 8.42 Å². The standard InChI is InChI=1S/C18H30O3S.C4H12N/c1-2-3-4-5-6-7-8-9-10-14-17-21-22(19,20)18-15-12-11-13-16-18;1-5(2,3)4/h11-13,15-16H,2-10,14,17H2,1H3;1-4H3/q;+1. The second-order valence-corrected chi connectivity index (χ2v) is 10.1. The Morgan fingerprint density at radius 3 is 1.59 bits per heavy atom. The van der Waals surface area contributed by atoms with E-state index in [1.54, 1.807) is 30.3 Å². The van der Waals surface area contributed by atoms with E-state index in [1.807, 2.05) is 0 Å². The topological polar surface area (TPSA) is 43.4 Å². The first-order valence-electron chi connectivity index (χ1n) is 10.4. The van der Waals surface area contributed by atoms with E-state index in [1.165, 1.54) is 51.4 Å². The highest BCUT2D eigenvalue weighted by Gasteiger charge is 2.13. The van der Waals surface area contributed by atoms with Gasteiger partial charge < -0.3 is 4.48 Å². The SMILES string of the molecule is CCCCCCCCCCCCOS(=O)(=O)c1ccccc1.C[N+](C)(C)C. The van der Waals surface area contributed by atoms with Crippen LogP contribution in [0, 0.1) is 0 Å². The van der Waals surface area contributed by atoms with Crippen LogP contribution in [0.4, 0.5) is 0 Å². The minimum absolute atomic E-state index is 0.238. The first-order chi connectivity index (χ1) is 12.7. The average molecular weight is 401 g/mol. The summed E-state index contributed by atoms with van der Waals surface area (Å²) >= 11 is 0. The summed E-state index contributed by atoms with van der Waals surface area (Å²) in [6.45, 7) is 2.52. The Balaban J connectivity index is 0.00000119. The maximum Gasteiger partial charge on any atom is 0.296 e. The van der Waals surface area contributed by atoms with Gasteiger partial charge in [0.15, 0.2) is 0 Å². The van der Waals surface area contributed by atoms with Gasteiger partial charge in [-0.1, -0.05) is 82.9 Å². The van der Waals surface area contributed by atoms with Gasteiger partial charge >= 0.3 is 0 Å². The number of benzene rings is 1. The Kier molecular flexibility index (Phi) is 14.6. The van der Waals surface area contributed by atoms with Gasteiger partial charge in [-0.15, -0.1) is 0 Å². The molecule has 0 amide bonds. The lowest BCUT2D eigenvalue weighted by molar-refractivity contribution is -0.849. The number of quaternary nitrogens is 1.